The number of nitrogens with one attached hydrogen (secondary N) is 1. The van der Waals surface area contributed by atoms with Crippen LogP contribution in [0, 0.1) is 0 Å². The van der Waals surface area contributed by atoms with E-state index in [9.17, 15) is 19.8 Å². The van der Waals surface area contributed by atoms with Gasteiger partial charge < -0.3 is 20.3 Å². The molecule has 0 radical (unpaired) electrons. The van der Waals surface area contributed by atoms with Gasteiger partial charge in [-0.1, -0.05) is 281 Å². The van der Waals surface area contributed by atoms with Gasteiger partial charge in [0.05, 0.1) is 25.4 Å². The first kappa shape index (κ1) is 68.1. The van der Waals surface area contributed by atoms with Gasteiger partial charge in [-0.25, -0.2) is 0 Å². The molecule has 0 aromatic carbocycles. The number of carbonyl (C=O) groups excluding carboxylic acids is 2. The highest BCUT2D eigenvalue weighted by molar-refractivity contribution is 5.76. The number of aliphatic hydroxyl groups is 2. The van der Waals surface area contributed by atoms with Gasteiger partial charge in [0.1, 0.15) is 0 Å². The van der Waals surface area contributed by atoms with E-state index in [1.165, 1.54) is 244 Å². The molecular weight excluding hydrogens is 863 g/mol. The first-order chi connectivity index (χ1) is 34.5. The number of amides is 1. The SMILES string of the molecule is CCC/C=C\C/C=C\CCCCCCCC(=O)OCCCCCCCCCC/C=C\CCCCCCCCCC(=O)NC(CO)C(O)CCCCCCCCCCCCCCCCCCCCCCC. The zero-order chi connectivity index (χ0) is 50.7. The standard InChI is InChI=1S/C64H121NO5/c1-3-5-7-9-11-13-15-17-18-19-20-21-23-26-29-33-36-40-44-48-52-56-62(67)61(60-66)65-63(68)57-53-49-45-41-37-34-30-27-24-22-25-28-31-35-39-43-47-51-55-59-70-64(69)58-54-50-46-42-38-32-16-14-12-10-8-6-4-2/h8,10,14,16,22,24,61-62,66-67H,3-7,9,11-13,15,17-21,23,25-60H2,1-2H3,(H,65,68)/b10-8-,16-14-,24-22-. The van der Waals surface area contributed by atoms with Crippen LogP contribution in [0.2, 0.25) is 0 Å². The van der Waals surface area contributed by atoms with Crippen LogP contribution in [0.3, 0.4) is 0 Å². The van der Waals surface area contributed by atoms with Crippen LogP contribution in [0.1, 0.15) is 335 Å². The summed E-state index contributed by atoms with van der Waals surface area (Å²) in [5, 5.41) is 23.4. The summed E-state index contributed by atoms with van der Waals surface area (Å²) in [5.41, 5.74) is 0. The molecule has 0 spiro atoms. The van der Waals surface area contributed by atoms with E-state index in [0.29, 0.717) is 25.9 Å². The first-order valence-corrected chi connectivity index (χ1v) is 31.2. The van der Waals surface area contributed by atoms with Crippen molar-refractivity contribution in [3.63, 3.8) is 0 Å². The summed E-state index contributed by atoms with van der Waals surface area (Å²) in [6, 6.07) is -0.550. The van der Waals surface area contributed by atoms with Crippen LogP contribution in [0.5, 0.6) is 0 Å². The average Bonchev–Trinajstić information content (AvgIpc) is 3.36. The molecule has 0 bridgehead atoms. The van der Waals surface area contributed by atoms with Gasteiger partial charge in [-0.15, -0.1) is 0 Å². The van der Waals surface area contributed by atoms with Crippen LogP contribution in [0.15, 0.2) is 36.5 Å². The largest absolute Gasteiger partial charge is 0.466 e. The van der Waals surface area contributed by atoms with Gasteiger partial charge in [0.15, 0.2) is 0 Å². The zero-order valence-corrected chi connectivity index (χ0v) is 47.0. The fourth-order valence-electron chi connectivity index (χ4n) is 9.61. The summed E-state index contributed by atoms with van der Waals surface area (Å²) in [6.07, 6.45) is 74.3. The molecule has 70 heavy (non-hydrogen) atoms. The van der Waals surface area contributed by atoms with Crippen LogP contribution in [-0.4, -0.2) is 47.4 Å². The lowest BCUT2D eigenvalue weighted by molar-refractivity contribution is -0.143. The van der Waals surface area contributed by atoms with E-state index < -0.39 is 12.1 Å². The van der Waals surface area contributed by atoms with Gasteiger partial charge in [0.2, 0.25) is 5.91 Å². The Morgan fingerprint density at radius 3 is 1.16 bits per heavy atom. The molecular formula is C64H121NO5. The minimum Gasteiger partial charge on any atom is -0.466 e. The number of carbonyl (C=O) groups is 2. The lowest BCUT2D eigenvalue weighted by atomic mass is 10.0. The normalized spacial score (nSPS) is 12.8. The number of hydrogen-bond donors (Lipinski definition) is 3. The van der Waals surface area contributed by atoms with E-state index in [4.69, 9.17) is 4.74 Å². The minimum atomic E-state index is -0.672. The Labute approximate surface area is 436 Å². The Hall–Kier alpha value is -1.92. The predicted octanol–water partition coefficient (Wildman–Crippen LogP) is 19.6. The predicted molar refractivity (Wildman–Crippen MR) is 306 cm³/mol. The molecule has 2 unspecified atom stereocenters. The maximum absolute atomic E-state index is 12.5. The Morgan fingerprint density at radius 2 is 0.743 bits per heavy atom. The van der Waals surface area contributed by atoms with Gasteiger partial charge in [-0.3, -0.25) is 9.59 Å². The molecule has 6 heteroatoms. The molecule has 0 aromatic rings. The van der Waals surface area contributed by atoms with Crippen LogP contribution in [0.25, 0.3) is 0 Å². The van der Waals surface area contributed by atoms with Crippen molar-refractivity contribution in [3.05, 3.63) is 36.5 Å². The molecule has 0 aromatic heterocycles. The van der Waals surface area contributed by atoms with Gasteiger partial charge >= 0.3 is 5.97 Å². The Balaban J connectivity index is 3.45. The number of ether oxygens (including phenoxy) is 1. The van der Waals surface area contributed by atoms with E-state index >= 15 is 0 Å². The first-order valence-electron chi connectivity index (χ1n) is 31.2. The highest BCUT2D eigenvalue weighted by Crippen LogP contribution is 2.18. The molecule has 0 aliphatic rings. The van der Waals surface area contributed by atoms with Crippen LogP contribution < -0.4 is 5.32 Å². The molecule has 412 valence electrons. The van der Waals surface area contributed by atoms with E-state index in [1.54, 1.807) is 0 Å². The second-order valence-electron chi connectivity index (χ2n) is 21.4. The maximum atomic E-state index is 12.5. The number of allylic oxidation sites excluding steroid dienone is 6. The second kappa shape index (κ2) is 59.6. The van der Waals surface area contributed by atoms with Crippen LogP contribution in [0.4, 0.5) is 0 Å². The molecule has 3 N–H and O–H groups in total. The van der Waals surface area contributed by atoms with Crippen molar-refractivity contribution in [2.75, 3.05) is 13.2 Å². The van der Waals surface area contributed by atoms with Gasteiger partial charge in [0.25, 0.3) is 0 Å². The van der Waals surface area contributed by atoms with Crippen LogP contribution in [-0.2, 0) is 14.3 Å². The summed E-state index contributed by atoms with van der Waals surface area (Å²) < 4.78 is 5.46. The summed E-state index contributed by atoms with van der Waals surface area (Å²) in [4.78, 5) is 24.5. The Morgan fingerprint density at radius 1 is 0.400 bits per heavy atom. The second-order valence-corrected chi connectivity index (χ2v) is 21.4. The molecule has 0 heterocycles. The molecule has 0 rings (SSSR count). The molecule has 2 atom stereocenters. The maximum Gasteiger partial charge on any atom is 0.305 e. The fourth-order valence-corrected chi connectivity index (χ4v) is 9.61. The fraction of sp³-hybridized carbons (Fsp3) is 0.875. The zero-order valence-electron chi connectivity index (χ0n) is 47.0. The Kier molecular flexibility index (Phi) is 58.0. The van der Waals surface area contributed by atoms with Crippen molar-refractivity contribution >= 4 is 11.9 Å². The highest BCUT2D eigenvalue weighted by atomic mass is 16.5. The molecule has 6 nitrogen and oxygen atoms in total. The molecule has 0 fully saturated rings. The smallest absolute Gasteiger partial charge is 0.305 e. The number of esters is 1. The number of rotatable bonds is 58. The Bertz CT molecular complexity index is 1130. The van der Waals surface area contributed by atoms with E-state index in [0.717, 1.165) is 57.8 Å². The van der Waals surface area contributed by atoms with Crippen molar-refractivity contribution < 1.29 is 24.5 Å². The van der Waals surface area contributed by atoms with E-state index in [2.05, 4.69) is 55.6 Å². The topological polar surface area (TPSA) is 95.9 Å². The minimum absolute atomic E-state index is 0.0111. The van der Waals surface area contributed by atoms with Gasteiger partial charge in [0, 0.05) is 12.8 Å². The quantitative estimate of drug-likeness (QED) is 0.0321. The number of hydrogen-bond acceptors (Lipinski definition) is 5. The summed E-state index contributed by atoms with van der Waals surface area (Å²) in [6.45, 7) is 4.89. The van der Waals surface area contributed by atoms with E-state index in [1.807, 2.05) is 0 Å². The van der Waals surface area contributed by atoms with E-state index in [-0.39, 0.29) is 18.5 Å². The summed E-state index contributed by atoms with van der Waals surface area (Å²) in [5.74, 6) is -0.0534. The lowest BCUT2D eigenvalue weighted by Gasteiger charge is -2.22. The van der Waals surface area contributed by atoms with Crippen molar-refractivity contribution in [1.29, 1.82) is 0 Å². The monoisotopic (exact) mass is 984 g/mol. The van der Waals surface area contributed by atoms with Crippen molar-refractivity contribution in [1.82, 2.24) is 5.32 Å². The number of unbranched alkanes of at least 4 members (excludes halogenated alkanes) is 41. The third-order valence-corrected chi connectivity index (χ3v) is 14.4. The third kappa shape index (κ3) is 55.4. The van der Waals surface area contributed by atoms with Crippen molar-refractivity contribution in [3.8, 4) is 0 Å². The van der Waals surface area contributed by atoms with Crippen molar-refractivity contribution in [2.24, 2.45) is 0 Å². The summed E-state index contributed by atoms with van der Waals surface area (Å²) >= 11 is 0. The molecule has 0 saturated carbocycles. The van der Waals surface area contributed by atoms with Gasteiger partial charge in [-0.2, -0.15) is 0 Å². The third-order valence-electron chi connectivity index (χ3n) is 14.4. The van der Waals surface area contributed by atoms with Crippen molar-refractivity contribution in [2.45, 2.75) is 347 Å². The number of aliphatic hydroxyl groups excluding tert-OH is 2. The molecule has 0 aliphatic heterocycles. The van der Waals surface area contributed by atoms with Crippen LogP contribution >= 0.6 is 0 Å². The van der Waals surface area contributed by atoms with Gasteiger partial charge in [-0.05, 0) is 77.0 Å². The lowest BCUT2D eigenvalue weighted by Crippen LogP contribution is -2.45. The molecule has 1 amide bonds. The molecule has 0 aliphatic carbocycles. The summed E-state index contributed by atoms with van der Waals surface area (Å²) in [7, 11) is 0. The molecule has 0 saturated heterocycles. The average molecular weight is 985 g/mol. The highest BCUT2D eigenvalue weighted by Gasteiger charge is 2.20.